The molecule has 0 saturated carbocycles. The smallest absolute Gasteiger partial charge is 0.230 e. The maximum atomic E-state index is 11.9. The van der Waals surface area contributed by atoms with Crippen LogP contribution in [0.4, 0.5) is 5.13 Å². The molecule has 0 aliphatic heterocycles. The van der Waals surface area contributed by atoms with Gasteiger partial charge in [-0.15, -0.1) is 10.2 Å². The molecule has 2 rings (SSSR count). The summed E-state index contributed by atoms with van der Waals surface area (Å²) in [6.07, 6.45) is 0.215. The van der Waals surface area contributed by atoms with E-state index in [1.54, 1.807) is 30.0 Å². The summed E-state index contributed by atoms with van der Waals surface area (Å²) in [7, 11) is 0. The molecule has 4 nitrogen and oxygen atoms in total. The molecular formula is C12H11Cl2N3OS2. The van der Waals surface area contributed by atoms with Gasteiger partial charge in [0.05, 0.1) is 16.5 Å². The van der Waals surface area contributed by atoms with Crippen LogP contribution in [-0.4, -0.2) is 21.9 Å². The first-order valence-electron chi connectivity index (χ1n) is 5.78. The molecular weight excluding hydrogens is 337 g/mol. The van der Waals surface area contributed by atoms with E-state index < -0.39 is 0 Å². The molecule has 106 valence electrons. The number of rotatable bonds is 5. The summed E-state index contributed by atoms with van der Waals surface area (Å²) in [6, 6.07) is 5.13. The van der Waals surface area contributed by atoms with Crippen molar-refractivity contribution in [2.45, 2.75) is 17.7 Å². The van der Waals surface area contributed by atoms with Crippen molar-refractivity contribution in [2.24, 2.45) is 0 Å². The monoisotopic (exact) mass is 347 g/mol. The third kappa shape index (κ3) is 4.34. The fourth-order valence-electron chi connectivity index (χ4n) is 1.44. The number of hydrogen-bond donors (Lipinski definition) is 1. The van der Waals surface area contributed by atoms with Crippen molar-refractivity contribution in [3.8, 4) is 0 Å². The third-order valence-corrected chi connectivity index (χ3v) is 4.86. The van der Waals surface area contributed by atoms with Gasteiger partial charge in [0.25, 0.3) is 0 Å². The first kappa shape index (κ1) is 15.6. The molecule has 0 atom stereocenters. The minimum atomic E-state index is -0.160. The molecule has 0 aliphatic carbocycles. The number of amides is 1. The number of halogens is 2. The summed E-state index contributed by atoms with van der Waals surface area (Å²) in [6.45, 7) is 2.04. The number of carbonyl (C=O) groups is 1. The van der Waals surface area contributed by atoms with E-state index in [-0.39, 0.29) is 12.3 Å². The number of nitrogens with zero attached hydrogens (tertiary/aromatic N) is 2. The molecule has 0 bridgehead atoms. The average molecular weight is 348 g/mol. The largest absolute Gasteiger partial charge is 0.300 e. The van der Waals surface area contributed by atoms with Crippen LogP contribution in [0.1, 0.15) is 12.5 Å². The van der Waals surface area contributed by atoms with Crippen molar-refractivity contribution in [3.05, 3.63) is 33.8 Å². The Bertz CT molecular complexity index is 618. The Kier molecular flexibility index (Phi) is 5.65. The molecule has 1 heterocycles. The van der Waals surface area contributed by atoms with Gasteiger partial charge in [-0.2, -0.15) is 0 Å². The maximum absolute atomic E-state index is 11.9. The van der Waals surface area contributed by atoms with E-state index >= 15 is 0 Å². The summed E-state index contributed by atoms with van der Waals surface area (Å²) in [5.74, 6) is 0.763. The standard InChI is InChI=1S/C12H11Cl2N3OS2/c1-2-19-12-17-16-11(20-12)15-10(18)6-7-3-4-8(13)9(14)5-7/h3-5H,2,6H2,1H3,(H,15,16,18). The second kappa shape index (κ2) is 7.26. The Labute approximate surface area is 134 Å². The molecule has 1 amide bonds. The van der Waals surface area contributed by atoms with Gasteiger partial charge in [0.1, 0.15) is 0 Å². The molecule has 1 aromatic carbocycles. The number of carbonyl (C=O) groups excluding carboxylic acids is 1. The Hall–Kier alpha value is -0.820. The van der Waals surface area contributed by atoms with Crippen LogP contribution in [0.3, 0.4) is 0 Å². The minimum absolute atomic E-state index is 0.160. The first-order valence-corrected chi connectivity index (χ1v) is 8.34. The molecule has 0 saturated heterocycles. The van der Waals surface area contributed by atoms with Gasteiger partial charge in [-0.1, -0.05) is 59.3 Å². The van der Waals surface area contributed by atoms with Gasteiger partial charge in [0.2, 0.25) is 11.0 Å². The molecule has 0 fully saturated rings. The van der Waals surface area contributed by atoms with Crippen LogP contribution in [0.15, 0.2) is 22.5 Å². The highest BCUT2D eigenvalue weighted by Crippen LogP contribution is 2.25. The quantitative estimate of drug-likeness (QED) is 0.652. The van der Waals surface area contributed by atoms with Crippen molar-refractivity contribution in [1.82, 2.24) is 10.2 Å². The van der Waals surface area contributed by atoms with Crippen LogP contribution >= 0.6 is 46.3 Å². The summed E-state index contributed by atoms with van der Waals surface area (Å²) < 4.78 is 0.845. The summed E-state index contributed by atoms with van der Waals surface area (Å²) >= 11 is 14.7. The number of hydrogen-bond acceptors (Lipinski definition) is 5. The Balaban J connectivity index is 1.95. The highest BCUT2D eigenvalue weighted by molar-refractivity contribution is 8.01. The van der Waals surface area contributed by atoms with Crippen LogP contribution < -0.4 is 5.32 Å². The van der Waals surface area contributed by atoms with Gasteiger partial charge in [-0.25, -0.2) is 0 Å². The van der Waals surface area contributed by atoms with Crippen LogP contribution in [0.5, 0.6) is 0 Å². The molecule has 20 heavy (non-hydrogen) atoms. The summed E-state index contributed by atoms with van der Waals surface area (Å²) in [5.41, 5.74) is 0.796. The predicted octanol–water partition coefficient (Wildman–Crippen LogP) is 4.14. The van der Waals surface area contributed by atoms with Crippen LogP contribution in [0.2, 0.25) is 10.0 Å². The Morgan fingerprint density at radius 3 is 2.85 bits per heavy atom. The SMILES string of the molecule is CCSc1nnc(NC(=O)Cc2ccc(Cl)c(Cl)c2)s1. The van der Waals surface area contributed by atoms with Crippen LogP contribution in [0, 0.1) is 0 Å². The Morgan fingerprint density at radius 1 is 1.35 bits per heavy atom. The van der Waals surface area contributed by atoms with Gasteiger partial charge in [-0.05, 0) is 23.4 Å². The second-order valence-electron chi connectivity index (χ2n) is 3.78. The van der Waals surface area contributed by atoms with E-state index in [1.807, 2.05) is 6.92 Å². The predicted molar refractivity (Wildman–Crippen MR) is 85.1 cm³/mol. The first-order chi connectivity index (χ1) is 9.58. The number of nitrogens with one attached hydrogen (secondary N) is 1. The zero-order chi connectivity index (χ0) is 14.5. The van der Waals surface area contributed by atoms with E-state index in [4.69, 9.17) is 23.2 Å². The van der Waals surface area contributed by atoms with Crippen molar-refractivity contribution in [1.29, 1.82) is 0 Å². The fourth-order valence-corrected chi connectivity index (χ4v) is 3.43. The summed E-state index contributed by atoms with van der Waals surface area (Å²) in [5, 5.41) is 12.0. The molecule has 2 aromatic rings. The van der Waals surface area contributed by atoms with E-state index in [1.165, 1.54) is 11.3 Å². The number of anilines is 1. The van der Waals surface area contributed by atoms with Crippen LogP contribution in [0.25, 0.3) is 0 Å². The number of benzene rings is 1. The average Bonchev–Trinajstić information content (AvgIpc) is 2.81. The molecule has 0 unspecified atom stereocenters. The highest BCUT2D eigenvalue weighted by Gasteiger charge is 2.10. The molecule has 1 aromatic heterocycles. The molecule has 0 aliphatic rings. The lowest BCUT2D eigenvalue weighted by molar-refractivity contribution is -0.115. The number of thioether (sulfide) groups is 1. The molecule has 1 N–H and O–H groups in total. The lowest BCUT2D eigenvalue weighted by Crippen LogP contribution is -2.14. The lowest BCUT2D eigenvalue weighted by atomic mass is 10.1. The van der Waals surface area contributed by atoms with Gasteiger partial charge in [0.15, 0.2) is 4.34 Å². The normalized spacial score (nSPS) is 10.6. The highest BCUT2D eigenvalue weighted by atomic mass is 35.5. The Morgan fingerprint density at radius 2 is 2.15 bits per heavy atom. The number of aromatic nitrogens is 2. The zero-order valence-electron chi connectivity index (χ0n) is 10.5. The molecule has 8 heteroatoms. The fraction of sp³-hybridized carbons (Fsp3) is 0.250. The maximum Gasteiger partial charge on any atom is 0.230 e. The third-order valence-electron chi connectivity index (χ3n) is 2.27. The van der Waals surface area contributed by atoms with E-state index in [2.05, 4.69) is 15.5 Å². The van der Waals surface area contributed by atoms with E-state index in [9.17, 15) is 4.79 Å². The topological polar surface area (TPSA) is 54.9 Å². The van der Waals surface area contributed by atoms with Crippen molar-refractivity contribution in [2.75, 3.05) is 11.1 Å². The minimum Gasteiger partial charge on any atom is -0.300 e. The van der Waals surface area contributed by atoms with Crippen molar-refractivity contribution >= 4 is 57.3 Å². The van der Waals surface area contributed by atoms with Gasteiger partial charge >= 0.3 is 0 Å². The van der Waals surface area contributed by atoms with Crippen LogP contribution in [-0.2, 0) is 11.2 Å². The van der Waals surface area contributed by atoms with Crippen molar-refractivity contribution < 1.29 is 4.79 Å². The molecule has 0 radical (unpaired) electrons. The van der Waals surface area contributed by atoms with E-state index in [0.717, 1.165) is 15.7 Å². The molecule has 0 spiro atoms. The second-order valence-corrected chi connectivity index (χ2v) is 7.08. The van der Waals surface area contributed by atoms with Gasteiger partial charge in [-0.3, -0.25) is 4.79 Å². The summed E-state index contributed by atoms with van der Waals surface area (Å²) in [4.78, 5) is 11.9. The van der Waals surface area contributed by atoms with E-state index in [0.29, 0.717) is 15.2 Å². The zero-order valence-corrected chi connectivity index (χ0v) is 13.7. The van der Waals surface area contributed by atoms with Gasteiger partial charge < -0.3 is 5.32 Å². The van der Waals surface area contributed by atoms with Gasteiger partial charge in [0, 0.05) is 0 Å². The van der Waals surface area contributed by atoms with Crippen molar-refractivity contribution in [3.63, 3.8) is 0 Å². The lowest BCUT2D eigenvalue weighted by Gasteiger charge is -2.03.